The number of alkyl halides is 1. The highest BCUT2D eigenvalue weighted by molar-refractivity contribution is 6.33. The number of rotatable bonds is 8. The summed E-state index contributed by atoms with van der Waals surface area (Å²) in [5, 5.41) is 5.43. The molecule has 0 aromatic heterocycles. The van der Waals surface area contributed by atoms with Crippen LogP contribution in [0.2, 0.25) is 0 Å². The van der Waals surface area contributed by atoms with Crippen LogP contribution in [0.3, 0.4) is 0 Å². The minimum atomic E-state index is -0.805. The summed E-state index contributed by atoms with van der Waals surface area (Å²) >= 11 is 6.07. The molecule has 0 saturated carbocycles. The van der Waals surface area contributed by atoms with Crippen LogP contribution in [0.1, 0.15) is 49.4 Å². The standard InChI is InChI=1S/C24H26BClN2O4/c1-4-31-23(29)21-19(12-26)27-24(30)28-22(21)17-10-16(14(2)3)18(25)11-20(17)32-13-15-8-6-5-7-9-15/h5-11,14,22H,4,12-13H2,1-3H3,(H2,27,28,30). The van der Waals surface area contributed by atoms with E-state index in [2.05, 4.69) is 10.6 Å². The van der Waals surface area contributed by atoms with Crippen LogP contribution in [0.25, 0.3) is 0 Å². The molecule has 0 bridgehead atoms. The molecule has 1 aliphatic heterocycles. The van der Waals surface area contributed by atoms with Gasteiger partial charge in [0.25, 0.3) is 0 Å². The minimum Gasteiger partial charge on any atom is -0.489 e. The number of carbonyl (C=O) groups is 2. The summed E-state index contributed by atoms with van der Waals surface area (Å²) in [6.45, 7) is 6.25. The first-order chi connectivity index (χ1) is 15.3. The minimum absolute atomic E-state index is 0.0513. The summed E-state index contributed by atoms with van der Waals surface area (Å²) in [7, 11) is 6.31. The number of halogens is 1. The number of amides is 2. The highest BCUT2D eigenvalue weighted by Gasteiger charge is 2.35. The van der Waals surface area contributed by atoms with E-state index >= 15 is 0 Å². The summed E-state index contributed by atoms with van der Waals surface area (Å²) in [6.07, 6.45) is 0. The fraction of sp³-hybridized carbons (Fsp3) is 0.333. The normalized spacial score (nSPS) is 15.9. The Kier molecular flexibility index (Phi) is 7.86. The molecule has 6 nitrogen and oxygen atoms in total. The Bertz CT molecular complexity index is 1020. The third kappa shape index (κ3) is 5.27. The molecule has 1 atom stereocenters. The van der Waals surface area contributed by atoms with Gasteiger partial charge in [0, 0.05) is 11.3 Å². The second-order valence-electron chi connectivity index (χ2n) is 7.73. The lowest BCUT2D eigenvalue weighted by atomic mass is 9.81. The zero-order valence-electron chi connectivity index (χ0n) is 18.4. The molecular weight excluding hydrogens is 427 g/mol. The molecular formula is C24H26BClN2O4. The van der Waals surface area contributed by atoms with Crippen molar-refractivity contribution < 1.29 is 19.1 Å². The smallest absolute Gasteiger partial charge is 0.338 e. The Morgan fingerprint density at radius 2 is 1.94 bits per heavy atom. The molecule has 8 heteroatoms. The monoisotopic (exact) mass is 452 g/mol. The topological polar surface area (TPSA) is 76.7 Å². The maximum atomic E-state index is 12.8. The van der Waals surface area contributed by atoms with E-state index in [1.807, 2.05) is 50.2 Å². The van der Waals surface area contributed by atoms with Gasteiger partial charge in [-0.25, -0.2) is 9.59 Å². The van der Waals surface area contributed by atoms with Gasteiger partial charge in [0.05, 0.1) is 24.1 Å². The van der Waals surface area contributed by atoms with Crippen LogP contribution in [0.4, 0.5) is 4.79 Å². The van der Waals surface area contributed by atoms with Gasteiger partial charge in [0.2, 0.25) is 0 Å². The van der Waals surface area contributed by atoms with Crippen molar-refractivity contribution in [1.29, 1.82) is 0 Å². The fourth-order valence-electron chi connectivity index (χ4n) is 3.62. The predicted molar refractivity (Wildman–Crippen MR) is 125 cm³/mol. The number of ether oxygens (including phenoxy) is 2. The van der Waals surface area contributed by atoms with Gasteiger partial charge in [-0.3, -0.25) is 0 Å². The van der Waals surface area contributed by atoms with Crippen LogP contribution in [-0.4, -0.2) is 32.3 Å². The summed E-state index contributed by atoms with van der Waals surface area (Å²) in [4.78, 5) is 25.2. The van der Waals surface area contributed by atoms with Gasteiger partial charge < -0.3 is 20.1 Å². The summed E-state index contributed by atoms with van der Waals surface area (Å²) in [6, 6.07) is 12.0. The molecule has 2 aromatic rings. The Labute approximate surface area is 194 Å². The van der Waals surface area contributed by atoms with Gasteiger partial charge in [-0.05, 0) is 30.5 Å². The fourth-order valence-corrected chi connectivity index (χ4v) is 3.83. The first kappa shape index (κ1) is 23.7. The summed E-state index contributed by atoms with van der Waals surface area (Å²) < 4.78 is 11.4. The lowest BCUT2D eigenvalue weighted by Gasteiger charge is -2.30. The summed E-state index contributed by atoms with van der Waals surface area (Å²) in [5.41, 5.74) is 3.59. The summed E-state index contributed by atoms with van der Waals surface area (Å²) in [5.74, 6) is -0.0160. The Morgan fingerprint density at radius 1 is 1.22 bits per heavy atom. The molecule has 32 heavy (non-hydrogen) atoms. The van der Waals surface area contributed by atoms with Crippen LogP contribution < -0.4 is 20.8 Å². The molecule has 2 N–H and O–H groups in total. The van der Waals surface area contributed by atoms with Crippen LogP contribution in [-0.2, 0) is 16.1 Å². The maximum Gasteiger partial charge on any atom is 0.338 e. The highest BCUT2D eigenvalue weighted by Crippen LogP contribution is 2.35. The second-order valence-corrected chi connectivity index (χ2v) is 7.99. The van der Waals surface area contributed by atoms with Crippen molar-refractivity contribution >= 4 is 36.9 Å². The zero-order valence-corrected chi connectivity index (χ0v) is 19.2. The van der Waals surface area contributed by atoms with E-state index in [1.54, 1.807) is 13.0 Å². The van der Waals surface area contributed by atoms with E-state index in [1.165, 1.54) is 0 Å². The van der Waals surface area contributed by atoms with Crippen molar-refractivity contribution in [3.05, 3.63) is 70.4 Å². The van der Waals surface area contributed by atoms with E-state index < -0.39 is 18.0 Å². The molecule has 0 saturated heterocycles. The SMILES string of the molecule is [B]c1cc(OCc2ccccc2)c(C2NC(=O)NC(CCl)=C2C(=O)OCC)cc1C(C)C. The molecule has 2 aromatic carbocycles. The Morgan fingerprint density at radius 3 is 2.56 bits per heavy atom. The van der Waals surface area contributed by atoms with E-state index in [9.17, 15) is 9.59 Å². The average molecular weight is 453 g/mol. The maximum absolute atomic E-state index is 12.8. The lowest BCUT2D eigenvalue weighted by Crippen LogP contribution is -2.46. The van der Waals surface area contributed by atoms with Crippen molar-refractivity contribution in [3.8, 4) is 5.75 Å². The Balaban J connectivity index is 2.12. The quantitative estimate of drug-likeness (QED) is 0.364. The largest absolute Gasteiger partial charge is 0.489 e. The van der Waals surface area contributed by atoms with Gasteiger partial charge in [-0.2, -0.15) is 0 Å². The van der Waals surface area contributed by atoms with Crippen LogP contribution in [0.5, 0.6) is 5.75 Å². The number of allylic oxidation sites excluding steroid dienone is 1. The van der Waals surface area contributed by atoms with Crippen LogP contribution in [0, 0.1) is 0 Å². The molecule has 3 rings (SSSR count). The van der Waals surface area contributed by atoms with Gasteiger partial charge in [-0.15, -0.1) is 11.6 Å². The molecule has 1 aliphatic rings. The molecule has 2 radical (unpaired) electrons. The first-order valence-corrected chi connectivity index (χ1v) is 11.0. The average Bonchev–Trinajstić information content (AvgIpc) is 2.77. The van der Waals surface area contributed by atoms with E-state index in [-0.39, 0.29) is 24.0 Å². The van der Waals surface area contributed by atoms with Crippen molar-refractivity contribution in [2.75, 3.05) is 12.5 Å². The number of hydrogen-bond donors (Lipinski definition) is 2. The van der Waals surface area contributed by atoms with Gasteiger partial charge in [0.1, 0.15) is 20.2 Å². The number of carbonyl (C=O) groups excluding carboxylic acids is 2. The van der Waals surface area contributed by atoms with Crippen LogP contribution in [0.15, 0.2) is 53.7 Å². The molecule has 0 spiro atoms. The Hall–Kier alpha value is -2.93. The van der Waals surface area contributed by atoms with E-state index in [4.69, 9.17) is 28.9 Å². The number of hydrogen-bond acceptors (Lipinski definition) is 4. The zero-order chi connectivity index (χ0) is 23.3. The van der Waals surface area contributed by atoms with Crippen molar-refractivity contribution in [2.45, 2.75) is 39.3 Å². The first-order valence-electron chi connectivity index (χ1n) is 10.5. The molecule has 166 valence electrons. The third-order valence-electron chi connectivity index (χ3n) is 5.17. The number of esters is 1. The third-order valence-corrected chi connectivity index (χ3v) is 5.44. The molecule has 1 heterocycles. The second kappa shape index (κ2) is 10.6. The molecule has 2 amide bonds. The van der Waals surface area contributed by atoms with Crippen molar-refractivity contribution in [1.82, 2.24) is 10.6 Å². The molecule has 0 fully saturated rings. The number of benzene rings is 2. The van der Waals surface area contributed by atoms with E-state index in [0.717, 1.165) is 11.1 Å². The van der Waals surface area contributed by atoms with Gasteiger partial charge >= 0.3 is 12.0 Å². The van der Waals surface area contributed by atoms with Crippen molar-refractivity contribution in [2.24, 2.45) is 0 Å². The van der Waals surface area contributed by atoms with Crippen LogP contribution >= 0.6 is 11.6 Å². The van der Waals surface area contributed by atoms with Gasteiger partial charge in [0.15, 0.2) is 0 Å². The van der Waals surface area contributed by atoms with Crippen molar-refractivity contribution in [3.63, 3.8) is 0 Å². The number of urea groups is 1. The molecule has 1 unspecified atom stereocenters. The van der Waals surface area contributed by atoms with E-state index in [0.29, 0.717) is 29.1 Å². The van der Waals surface area contributed by atoms with Gasteiger partial charge in [-0.1, -0.05) is 55.2 Å². The predicted octanol–water partition coefficient (Wildman–Crippen LogP) is 3.59. The highest BCUT2D eigenvalue weighted by atomic mass is 35.5. The number of nitrogens with one attached hydrogen (secondary N) is 2. The lowest BCUT2D eigenvalue weighted by molar-refractivity contribution is -0.139. The molecule has 0 aliphatic carbocycles.